The summed E-state index contributed by atoms with van der Waals surface area (Å²) in [4.78, 5) is 37.6. The zero-order valence-electron chi connectivity index (χ0n) is 13.9. The first-order valence-corrected chi connectivity index (χ1v) is 8.23. The molecule has 0 aliphatic rings. The molecule has 0 aliphatic carbocycles. The maximum absolute atomic E-state index is 12.6. The van der Waals surface area contributed by atoms with Gasteiger partial charge >= 0.3 is 11.6 Å². The summed E-state index contributed by atoms with van der Waals surface area (Å²) in [5.41, 5.74) is 0.940. The molecule has 128 valence electrons. The van der Waals surface area contributed by atoms with Gasteiger partial charge in [-0.2, -0.15) is 0 Å². The first-order chi connectivity index (χ1) is 11.9. The minimum absolute atomic E-state index is 0.170. The fourth-order valence-corrected chi connectivity index (χ4v) is 3.38. The SMILES string of the molecule is COC(=O)c1cc2sc(N(C)C(=O)c3cccc(C)c3)cc2oc1=O. The number of benzene rings is 1. The number of fused-ring (bicyclic) bond motifs is 1. The summed E-state index contributed by atoms with van der Waals surface area (Å²) >= 11 is 1.25. The maximum atomic E-state index is 12.6. The highest BCUT2D eigenvalue weighted by molar-refractivity contribution is 7.22. The highest BCUT2D eigenvalue weighted by Gasteiger charge is 2.19. The van der Waals surface area contributed by atoms with Gasteiger partial charge < -0.3 is 14.1 Å². The number of methoxy groups -OCH3 is 1. The van der Waals surface area contributed by atoms with E-state index < -0.39 is 11.6 Å². The lowest BCUT2D eigenvalue weighted by Crippen LogP contribution is -2.25. The summed E-state index contributed by atoms with van der Waals surface area (Å²) in [7, 11) is 2.84. The van der Waals surface area contributed by atoms with Crippen LogP contribution in [0.2, 0.25) is 0 Å². The fourth-order valence-electron chi connectivity index (χ4n) is 2.39. The van der Waals surface area contributed by atoms with Crippen LogP contribution in [-0.2, 0) is 4.74 Å². The summed E-state index contributed by atoms with van der Waals surface area (Å²) in [6.45, 7) is 1.92. The lowest BCUT2D eigenvalue weighted by molar-refractivity contribution is 0.0596. The van der Waals surface area contributed by atoms with Crippen molar-refractivity contribution in [2.45, 2.75) is 6.92 Å². The molecule has 0 spiro atoms. The zero-order chi connectivity index (χ0) is 18.1. The number of carbonyl (C=O) groups excluding carboxylic acids is 2. The number of hydrogen-bond donors (Lipinski definition) is 0. The van der Waals surface area contributed by atoms with Crippen molar-refractivity contribution in [1.82, 2.24) is 0 Å². The first-order valence-electron chi connectivity index (χ1n) is 7.41. The van der Waals surface area contributed by atoms with E-state index in [0.29, 0.717) is 20.8 Å². The minimum Gasteiger partial charge on any atom is -0.465 e. The van der Waals surface area contributed by atoms with Crippen molar-refractivity contribution in [3.05, 3.63) is 63.5 Å². The van der Waals surface area contributed by atoms with Crippen LogP contribution in [0, 0.1) is 6.92 Å². The number of carbonyl (C=O) groups is 2. The largest absolute Gasteiger partial charge is 0.465 e. The van der Waals surface area contributed by atoms with Crippen LogP contribution >= 0.6 is 11.3 Å². The second-order valence-electron chi connectivity index (χ2n) is 5.49. The molecule has 0 aliphatic heterocycles. The summed E-state index contributed by atoms with van der Waals surface area (Å²) in [5, 5.41) is 0.603. The van der Waals surface area contributed by atoms with Crippen molar-refractivity contribution in [2.75, 3.05) is 19.1 Å². The molecule has 0 saturated heterocycles. The normalized spacial score (nSPS) is 10.7. The zero-order valence-corrected chi connectivity index (χ0v) is 14.7. The van der Waals surface area contributed by atoms with Gasteiger partial charge in [0, 0.05) is 18.7 Å². The van der Waals surface area contributed by atoms with Crippen LogP contribution < -0.4 is 10.5 Å². The van der Waals surface area contributed by atoms with E-state index in [1.165, 1.54) is 29.4 Å². The number of amides is 1. The quantitative estimate of drug-likeness (QED) is 0.673. The summed E-state index contributed by atoms with van der Waals surface area (Å²) in [5.74, 6) is -0.930. The Balaban J connectivity index is 2.00. The number of esters is 1. The molecule has 3 aromatic rings. The van der Waals surface area contributed by atoms with E-state index in [2.05, 4.69) is 4.74 Å². The van der Waals surface area contributed by atoms with Crippen molar-refractivity contribution < 1.29 is 18.7 Å². The number of anilines is 1. The third-order valence-corrected chi connectivity index (χ3v) is 4.86. The van der Waals surface area contributed by atoms with Gasteiger partial charge in [0.05, 0.1) is 11.8 Å². The van der Waals surface area contributed by atoms with E-state index in [4.69, 9.17) is 4.42 Å². The number of hydrogen-bond acceptors (Lipinski definition) is 6. The molecule has 0 unspecified atom stereocenters. The molecular weight excluding hydrogens is 342 g/mol. The van der Waals surface area contributed by atoms with Gasteiger partial charge in [-0.25, -0.2) is 9.59 Å². The molecule has 0 saturated carbocycles. The van der Waals surface area contributed by atoms with Crippen LogP contribution in [0.5, 0.6) is 0 Å². The average Bonchev–Trinajstić information content (AvgIpc) is 3.01. The molecule has 2 aromatic heterocycles. The van der Waals surface area contributed by atoms with E-state index in [9.17, 15) is 14.4 Å². The predicted octanol–water partition coefficient (Wildman–Crippen LogP) is 3.23. The summed E-state index contributed by atoms with van der Waals surface area (Å²) in [6, 6.07) is 10.3. The number of ether oxygens (including phenoxy) is 1. The average molecular weight is 357 g/mol. The van der Waals surface area contributed by atoms with Crippen molar-refractivity contribution in [3.8, 4) is 0 Å². The molecule has 2 heterocycles. The van der Waals surface area contributed by atoms with E-state index in [-0.39, 0.29) is 11.5 Å². The minimum atomic E-state index is -0.767. The van der Waals surface area contributed by atoms with Gasteiger partial charge in [-0.1, -0.05) is 17.7 Å². The molecule has 25 heavy (non-hydrogen) atoms. The van der Waals surface area contributed by atoms with E-state index in [0.717, 1.165) is 5.56 Å². The molecule has 1 amide bonds. The van der Waals surface area contributed by atoms with Crippen molar-refractivity contribution in [2.24, 2.45) is 0 Å². The van der Waals surface area contributed by atoms with Crippen LogP contribution in [0.1, 0.15) is 26.3 Å². The van der Waals surface area contributed by atoms with Gasteiger partial charge in [0.2, 0.25) is 0 Å². The third kappa shape index (κ3) is 3.18. The van der Waals surface area contributed by atoms with Crippen molar-refractivity contribution in [1.29, 1.82) is 0 Å². The third-order valence-electron chi connectivity index (χ3n) is 3.72. The lowest BCUT2D eigenvalue weighted by Gasteiger charge is -2.14. The second kappa shape index (κ2) is 6.52. The molecule has 3 rings (SSSR count). The Labute approximate surface area is 147 Å². The highest BCUT2D eigenvalue weighted by Crippen LogP contribution is 2.32. The highest BCUT2D eigenvalue weighted by atomic mass is 32.1. The van der Waals surface area contributed by atoms with Gasteiger partial charge in [0.25, 0.3) is 5.91 Å². The van der Waals surface area contributed by atoms with E-state index >= 15 is 0 Å². The summed E-state index contributed by atoms with van der Waals surface area (Å²) < 4.78 is 10.3. The summed E-state index contributed by atoms with van der Waals surface area (Å²) in [6.07, 6.45) is 0. The van der Waals surface area contributed by atoms with E-state index in [1.807, 2.05) is 25.1 Å². The Bertz CT molecular complexity index is 1030. The molecule has 0 radical (unpaired) electrons. The Morgan fingerprint density at radius 1 is 1.20 bits per heavy atom. The Morgan fingerprint density at radius 2 is 1.96 bits per heavy atom. The number of nitrogens with zero attached hydrogens (tertiary/aromatic N) is 1. The smallest absolute Gasteiger partial charge is 0.351 e. The van der Waals surface area contributed by atoms with Crippen molar-refractivity contribution >= 4 is 38.5 Å². The Kier molecular flexibility index (Phi) is 4.41. The van der Waals surface area contributed by atoms with Gasteiger partial charge in [0.1, 0.15) is 10.6 Å². The molecular formula is C18H15NO5S. The monoisotopic (exact) mass is 357 g/mol. The Hall–Kier alpha value is -2.93. The molecule has 6 nitrogen and oxygen atoms in total. The van der Waals surface area contributed by atoms with Gasteiger partial charge in [-0.15, -0.1) is 11.3 Å². The topological polar surface area (TPSA) is 76.8 Å². The van der Waals surface area contributed by atoms with Crippen LogP contribution in [0.25, 0.3) is 10.3 Å². The molecule has 0 bridgehead atoms. The van der Waals surface area contributed by atoms with Gasteiger partial charge in [-0.3, -0.25) is 4.79 Å². The van der Waals surface area contributed by atoms with Crippen molar-refractivity contribution in [3.63, 3.8) is 0 Å². The van der Waals surface area contributed by atoms with Gasteiger partial charge in [0.15, 0.2) is 5.58 Å². The molecule has 0 N–H and O–H groups in total. The van der Waals surface area contributed by atoms with E-state index in [1.54, 1.807) is 19.2 Å². The number of rotatable bonds is 3. The fraction of sp³-hybridized carbons (Fsp3) is 0.167. The number of thiophene rings is 1. The van der Waals surface area contributed by atoms with Crippen LogP contribution in [-0.4, -0.2) is 26.0 Å². The second-order valence-corrected chi connectivity index (χ2v) is 6.55. The standard InChI is InChI=1S/C18H15NO5S/c1-10-5-4-6-11(7-10)16(20)19(2)15-9-13-14(25-15)8-12(17(21)23-3)18(22)24-13/h4-9H,1-3H3. The molecule has 7 heteroatoms. The van der Waals surface area contributed by atoms with Crippen LogP contribution in [0.15, 0.2) is 45.6 Å². The maximum Gasteiger partial charge on any atom is 0.351 e. The predicted molar refractivity (Wildman–Crippen MR) is 95.6 cm³/mol. The first kappa shape index (κ1) is 16.9. The van der Waals surface area contributed by atoms with Crippen LogP contribution in [0.3, 0.4) is 0 Å². The number of aryl methyl sites for hydroxylation is 1. The molecule has 0 atom stereocenters. The molecule has 1 aromatic carbocycles. The van der Waals surface area contributed by atoms with Gasteiger partial charge in [-0.05, 0) is 25.1 Å². The molecule has 0 fully saturated rings. The Morgan fingerprint density at radius 3 is 2.64 bits per heavy atom. The van der Waals surface area contributed by atoms with Crippen LogP contribution in [0.4, 0.5) is 5.00 Å². The lowest BCUT2D eigenvalue weighted by atomic mass is 10.1.